The summed E-state index contributed by atoms with van der Waals surface area (Å²) in [6.07, 6.45) is -4.06. The minimum atomic E-state index is -5.08. The molecule has 2 N–H and O–H groups in total. The van der Waals surface area contributed by atoms with Crippen molar-refractivity contribution in [2.75, 3.05) is 13.2 Å². The van der Waals surface area contributed by atoms with E-state index >= 15 is 0 Å². The lowest BCUT2D eigenvalue weighted by atomic mass is 10.1. The topological polar surface area (TPSA) is 49.3 Å². The largest absolute Gasteiger partial charge is 0.490 e. The molecule has 0 bridgehead atoms. The van der Waals surface area contributed by atoms with E-state index in [1.807, 2.05) is 0 Å². The van der Waals surface area contributed by atoms with Crippen molar-refractivity contribution in [1.82, 2.24) is 5.32 Å². The molecule has 1 aliphatic rings. The first-order valence-electron chi connectivity index (χ1n) is 3.47. The lowest BCUT2D eigenvalue weighted by Gasteiger charge is -2.23. The van der Waals surface area contributed by atoms with E-state index in [2.05, 4.69) is 5.32 Å². The third kappa shape index (κ3) is 5.40. The molecule has 1 atom stereocenters. The zero-order valence-corrected chi connectivity index (χ0v) is 6.57. The average molecular weight is 203 g/mol. The molecule has 1 saturated heterocycles. The molecule has 7 heteroatoms. The zero-order valence-electron chi connectivity index (χ0n) is 6.57. The van der Waals surface area contributed by atoms with Crippen LogP contribution in [0.1, 0.15) is 6.42 Å². The van der Waals surface area contributed by atoms with E-state index in [9.17, 15) is 17.6 Å². The summed E-state index contributed by atoms with van der Waals surface area (Å²) in [6.45, 7) is 0.814. The highest BCUT2D eigenvalue weighted by Gasteiger charge is 2.38. The van der Waals surface area contributed by atoms with E-state index in [0.717, 1.165) is 13.0 Å². The summed E-state index contributed by atoms with van der Waals surface area (Å²) in [4.78, 5) is 8.90. The van der Waals surface area contributed by atoms with Crippen LogP contribution < -0.4 is 5.32 Å². The highest BCUT2D eigenvalue weighted by molar-refractivity contribution is 5.73. The molecule has 0 amide bonds. The third-order valence-electron chi connectivity index (χ3n) is 1.35. The van der Waals surface area contributed by atoms with Crippen molar-refractivity contribution in [1.29, 1.82) is 0 Å². The van der Waals surface area contributed by atoms with Crippen LogP contribution in [0.15, 0.2) is 0 Å². The van der Waals surface area contributed by atoms with Crippen LogP contribution in [0.5, 0.6) is 0 Å². The average Bonchev–Trinajstić information content (AvgIpc) is 1.83. The number of hydrogen-bond acceptors (Lipinski definition) is 2. The van der Waals surface area contributed by atoms with Crippen molar-refractivity contribution in [2.45, 2.75) is 18.6 Å². The molecule has 0 aliphatic carbocycles. The fourth-order valence-corrected chi connectivity index (χ4v) is 0.480. The van der Waals surface area contributed by atoms with E-state index in [-0.39, 0.29) is 12.7 Å². The number of nitrogens with one attached hydrogen (secondary N) is 1. The molecule has 1 rings (SSSR count). The highest BCUT2D eigenvalue weighted by atomic mass is 19.4. The van der Waals surface area contributed by atoms with Gasteiger partial charge in [0, 0.05) is 6.04 Å². The minimum absolute atomic E-state index is 0.194. The van der Waals surface area contributed by atoms with Gasteiger partial charge in [0.05, 0.1) is 0 Å². The van der Waals surface area contributed by atoms with Crippen LogP contribution in [0.4, 0.5) is 17.6 Å². The van der Waals surface area contributed by atoms with Gasteiger partial charge in [-0.3, -0.25) is 0 Å². The van der Waals surface area contributed by atoms with Gasteiger partial charge in [-0.05, 0) is 13.0 Å². The Morgan fingerprint density at radius 3 is 1.92 bits per heavy atom. The number of hydrogen-bond donors (Lipinski definition) is 2. The molecule has 1 fully saturated rings. The fraction of sp³-hybridized carbons (Fsp3) is 0.833. The zero-order chi connectivity index (χ0) is 10.5. The van der Waals surface area contributed by atoms with Gasteiger partial charge < -0.3 is 10.4 Å². The monoisotopic (exact) mass is 203 g/mol. The Kier molecular flexibility index (Phi) is 4.68. The number of aliphatic carboxylic acids is 1. The van der Waals surface area contributed by atoms with Gasteiger partial charge in [-0.2, -0.15) is 13.2 Å². The summed E-state index contributed by atoms with van der Waals surface area (Å²) < 4.78 is 43.1. The molecule has 3 nitrogen and oxygen atoms in total. The molecule has 78 valence electrons. The lowest BCUT2D eigenvalue weighted by molar-refractivity contribution is -0.192. The number of carboxylic acid groups (broad SMARTS) is 1. The molecule has 13 heavy (non-hydrogen) atoms. The molecule has 0 aromatic carbocycles. The Hall–Kier alpha value is -0.850. The fourth-order valence-electron chi connectivity index (χ4n) is 0.480. The Bertz CT molecular complexity index is 164. The molecule has 1 heterocycles. The van der Waals surface area contributed by atoms with Crippen LogP contribution in [0.3, 0.4) is 0 Å². The van der Waals surface area contributed by atoms with Gasteiger partial charge in [0.2, 0.25) is 0 Å². The van der Waals surface area contributed by atoms with Crippen molar-refractivity contribution < 1.29 is 27.5 Å². The molecule has 0 saturated carbocycles. The van der Waals surface area contributed by atoms with Gasteiger partial charge in [0.1, 0.15) is 6.67 Å². The summed E-state index contributed by atoms with van der Waals surface area (Å²) >= 11 is 0. The Balaban J connectivity index is 0.000000223. The third-order valence-corrected chi connectivity index (χ3v) is 1.35. The number of carboxylic acids is 1. The first kappa shape index (κ1) is 12.2. The van der Waals surface area contributed by atoms with E-state index in [1.165, 1.54) is 0 Å². The molecule has 0 unspecified atom stereocenters. The summed E-state index contributed by atoms with van der Waals surface area (Å²) in [5, 5.41) is 10.0. The van der Waals surface area contributed by atoms with Crippen LogP contribution in [0.25, 0.3) is 0 Å². The molecule has 0 aromatic rings. The van der Waals surface area contributed by atoms with E-state index in [1.54, 1.807) is 0 Å². The van der Waals surface area contributed by atoms with Gasteiger partial charge in [0.25, 0.3) is 0 Å². The maximum absolute atomic E-state index is 11.4. The summed E-state index contributed by atoms with van der Waals surface area (Å²) in [7, 11) is 0. The minimum Gasteiger partial charge on any atom is -0.475 e. The maximum atomic E-state index is 11.4. The summed E-state index contributed by atoms with van der Waals surface area (Å²) in [5.41, 5.74) is 0. The molecule has 0 radical (unpaired) electrons. The molecule has 1 aliphatic heterocycles. The number of carbonyl (C=O) groups is 1. The molecule has 0 spiro atoms. The summed E-state index contributed by atoms with van der Waals surface area (Å²) in [5.74, 6) is -2.76. The quantitative estimate of drug-likeness (QED) is 0.624. The van der Waals surface area contributed by atoms with Crippen LogP contribution >= 0.6 is 0 Å². The second-order valence-electron chi connectivity index (χ2n) is 2.40. The Labute approximate surface area is 71.7 Å². The first-order chi connectivity index (χ1) is 5.88. The second-order valence-corrected chi connectivity index (χ2v) is 2.40. The van der Waals surface area contributed by atoms with Crippen LogP contribution in [0, 0.1) is 0 Å². The van der Waals surface area contributed by atoms with Crippen molar-refractivity contribution >= 4 is 5.97 Å². The Morgan fingerprint density at radius 1 is 1.54 bits per heavy atom. The van der Waals surface area contributed by atoms with E-state index < -0.39 is 12.1 Å². The number of halogens is 4. The van der Waals surface area contributed by atoms with E-state index in [0.29, 0.717) is 0 Å². The van der Waals surface area contributed by atoms with Gasteiger partial charge in [-0.1, -0.05) is 0 Å². The predicted octanol–water partition coefficient (Wildman–Crippen LogP) is 0.951. The number of rotatable bonds is 1. The first-order valence-corrected chi connectivity index (χ1v) is 3.47. The van der Waals surface area contributed by atoms with Crippen molar-refractivity contribution in [3.63, 3.8) is 0 Å². The van der Waals surface area contributed by atoms with Crippen molar-refractivity contribution in [2.24, 2.45) is 0 Å². The Morgan fingerprint density at radius 2 is 1.92 bits per heavy atom. The van der Waals surface area contributed by atoms with Crippen molar-refractivity contribution in [3.05, 3.63) is 0 Å². The van der Waals surface area contributed by atoms with Crippen molar-refractivity contribution in [3.8, 4) is 0 Å². The van der Waals surface area contributed by atoms with Crippen LogP contribution in [0.2, 0.25) is 0 Å². The smallest absolute Gasteiger partial charge is 0.475 e. The lowest BCUT2D eigenvalue weighted by Crippen LogP contribution is -2.44. The highest BCUT2D eigenvalue weighted by Crippen LogP contribution is 2.13. The van der Waals surface area contributed by atoms with E-state index in [4.69, 9.17) is 9.90 Å². The molecule has 0 aromatic heterocycles. The molecular weight excluding hydrogens is 194 g/mol. The van der Waals surface area contributed by atoms with Crippen LogP contribution in [-0.2, 0) is 4.79 Å². The number of alkyl halides is 4. The van der Waals surface area contributed by atoms with Gasteiger partial charge in [0.15, 0.2) is 0 Å². The normalized spacial score (nSPS) is 21.1. The maximum Gasteiger partial charge on any atom is 0.490 e. The predicted molar refractivity (Wildman–Crippen MR) is 36.1 cm³/mol. The van der Waals surface area contributed by atoms with Crippen LogP contribution in [-0.4, -0.2) is 36.5 Å². The second kappa shape index (κ2) is 5.00. The standard InChI is InChI=1S/C4H8FN.C2HF3O2/c5-3-4-1-2-6-4;3-2(4,5)1(6)7/h4,6H,1-3H2;(H,6,7)/t4-;/m1./s1. The SMILES string of the molecule is FC[C@H]1CCN1.O=C(O)C(F)(F)F. The summed E-state index contributed by atoms with van der Waals surface area (Å²) in [6, 6.07) is 0.199. The van der Waals surface area contributed by atoms with Gasteiger partial charge in [-0.15, -0.1) is 0 Å². The molecular formula is C6H9F4NO2. The van der Waals surface area contributed by atoms with Gasteiger partial charge >= 0.3 is 12.1 Å². The van der Waals surface area contributed by atoms with Gasteiger partial charge in [-0.25, -0.2) is 9.18 Å².